The van der Waals surface area contributed by atoms with E-state index in [1.165, 1.54) is 0 Å². The second-order valence-electron chi connectivity index (χ2n) is 4.79. The molecular formula is C14H19NO2S. The lowest BCUT2D eigenvalue weighted by Crippen LogP contribution is -2.32. The van der Waals surface area contributed by atoms with E-state index in [1.807, 2.05) is 31.2 Å². The Morgan fingerprint density at radius 2 is 1.94 bits per heavy atom. The summed E-state index contributed by atoms with van der Waals surface area (Å²) in [5, 5.41) is 12.3. The molecule has 18 heavy (non-hydrogen) atoms. The van der Waals surface area contributed by atoms with Gasteiger partial charge in [-0.1, -0.05) is 12.1 Å². The van der Waals surface area contributed by atoms with Gasteiger partial charge in [-0.2, -0.15) is 0 Å². The van der Waals surface area contributed by atoms with E-state index < -0.39 is 6.10 Å². The van der Waals surface area contributed by atoms with Crippen LogP contribution >= 0.6 is 11.8 Å². The summed E-state index contributed by atoms with van der Waals surface area (Å²) in [6, 6.07) is 8.12. The highest BCUT2D eigenvalue weighted by Crippen LogP contribution is 2.26. The Hall–Kier alpha value is -1.00. The van der Waals surface area contributed by atoms with Gasteiger partial charge in [0.2, 0.25) is 5.91 Å². The molecule has 2 rings (SSSR count). The highest BCUT2D eigenvalue weighted by Gasteiger charge is 2.25. The zero-order chi connectivity index (χ0) is 13.1. The van der Waals surface area contributed by atoms with Crippen LogP contribution in [0.4, 0.5) is 0 Å². The molecule has 2 unspecified atom stereocenters. The molecule has 0 bridgehead atoms. The molecule has 0 heterocycles. The Bertz CT molecular complexity index is 412. The van der Waals surface area contributed by atoms with Crippen molar-refractivity contribution in [1.29, 1.82) is 0 Å². The molecule has 0 spiro atoms. The minimum Gasteiger partial charge on any atom is -0.389 e. The number of carbonyl (C=O) groups is 1. The zero-order valence-corrected chi connectivity index (χ0v) is 11.5. The van der Waals surface area contributed by atoms with Crippen molar-refractivity contribution in [2.75, 3.05) is 0 Å². The van der Waals surface area contributed by atoms with Crippen molar-refractivity contribution in [2.24, 2.45) is 0 Å². The SMILES string of the molecule is CC(Sc1ccc(C(C)O)cc1)C(=O)NC1CC1. The monoisotopic (exact) mass is 265 g/mol. The van der Waals surface area contributed by atoms with Gasteiger partial charge >= 0.3 is 0 Å². The molecule has 0 aliphatic heterocycles. The number of hydrogen-bond donors (Lipinski definition) is 2. The zero-order valence-electron chi connectivity index (χ0n) is 10.7. The van der Waals surface area contributed by atoms with Crippen molar-refractivity contribution >= 4 is 17.7 Å². The first-order valence-corrected chi connectivity index (χ1v) is 7.19. The first-order chi connectivity index (χ1) is 8.56. The summed E-state index contributed by atoms with van der Waals surface area (Å²) in [5.41, 5.74) is 0.898. The van der Waals surface area contributed by atoms with Crippen LogP contribution in [-0.4, -0.2) is 22.3 Å². The van der Waals surface area contributed by atoms with E-state index in [2.05, 4.69) is 5.32 Å². The van der Waals surface area contributed by atoms with Gasteiger partial charge in [-0.3, -0.25) is 4.79 Å². The summed E-state index contributed by atoms with van der Waals surface area (Å²) in [5.74, 6) is 0.113. The van der Waals surface area contributed by atoms with Crippen LogP contribution in [0.3, 0.4) is 0 Å². The van der Waals surface area contributed by atoms with Crippen molar-refractivity contribution in [3.05, 3.63) is 29.8 Å². The van der Waals surface area contributed by atoms with E-state index in [-0.39, 0.29) is 11.2 Å². The molecule has 1 fully saturated rings. The van der Waals surface area contributed by atoms with E-state index in [1.54, 1.807) is 18.7 Å². The molecule has 1 aliphatic carbocycles. The lowest BCUT2D eigenvalue weighted by Gasteiger charge is -2.12. The molecule has 0 saturated heterocycles. The maximum atomic E-state index is 11.8. The Kier molecular flexibility index (Phi) is 4.30. The summed E-state index contributed by atoms with van der Waals surface area (Å²) in [7, 11) is 0. The third-order valence-corrected chi connectivity index (χ3v) is 4.08. The lowest BCUT2D eigenvalue weighted by atomic mass is 10.1. The molecule has 1 aliphatic rings. The highest BCUT2D eigenvalue weighted by atomic mass is 32.2. The molecule has 1 aromatic carbocycles. The van der Waals surface area contributed by atoms with Crippen molar-refractivity contribution in [2.45, 2.75) is 49.0 Å². The van der Waals surface area contributed by atoms with Crippen LogP contribution in [0, 0.1) is 0 Å². The number of hydrogen-bond acceptors (Lipinski definition) is 3. The maximum absolute atomic E-state index is 11.8. The highest BCUT2D eigenvalue weighted by molar-refractivity contribution is 8.00. The molecule has 4 heteroatoms. The summed E-state index contributed by atoms with van der Waals surface area (Å²) >= 11 is 1.55. The van der Waals surface area contributed by atoms with Crippen LogP contribution < -0.4 is 5.32 Å². The predicted octanol–water partition coefficient (Wildman–Crippen LogP) is 2.50. The third kappa shape index (κ3) is 3.75. The Labute approximate surface area is 112 Å². The molecule has 98 valence electrons. The lowest BCUT2D eigenvalue weighted by molar-refractivity contribution is -0.120. The molecule has 2 atom stereocenters. The summed E-state index contributed by atoms with van der Waals surface area (Å²) in [6.45, 7) is 3.67. The Morgan fingerprint density at radius 1 is 1.33 bits per heavy atom. The quantitative estimate of drug-likeness (QED) is 0.804. The number of rotatable bonds is 5. The fourth-order valence-electron chi connectivity index (χ4n) is 1.63. The summed E-state index contributed by atoms with van der Waals surface area (Å²) in [4.78, 5) is 12.9. The number of benzene rings is 1. The first-order valence-electron chi connectivity index (χ1n) is 6.31. The van der Waals surface area contributed by atoms with Gasteiger partial charge in [0.05, 0.1) is 11.4 Å². The predicted molar refractivity (Wildman–Crippen MR) is 73.6 cm³/mol. The van der Waals surface area contributed by atoms with Gasteiger partial charge in [-0.15, -0.1) is 11.8 Å². The maximum Gasteiger partial charge on any atom is 0.233 e. The smallest absolute Gasteiger partial charge is 0.233 e. The van der Waals surface area contributed by atoms with Gasteiger partial charge in [0, 0.05) is 10.9 Å². The van der Waals surface area contributed by atoms with Gasteiger partial charge in [0.25, 0.3) is 0 Å². The second kappa shape index (κ2) is 5.76. The van der Waals surface area contributed by atoms with Gasteiger partial charge in [-0.25, -0.2) is 0 Å². The van der Waals surface area contributed by atoms with E-state index in [0.717, 1.165) is 23.3 Å². The molecule has 0 radical (unpaired) electrons. The number of aliphatic hydroxyl groups excluding tert-OH is 1. The molecule has 1 saturated carbocycles. The summed E-state index contributed by atoms with van der Waals surface area (Å²) in [6.07, 6.45) is 1.79. The fraction of sp³-hybridized carbons (Fsp3) is 0.500. The third-order valence-electron chi connectivity index (χ3n) is 2.97. The molecular weight excluding hydrogens is 246 g/mol. The van der Waals surface area contributed by atoms with E-state index in [0.29, 0.717) is 6.04 Å². The normalized spacial score (nSPS) is 18.2. The average Bonchev–Trinajstić information content (AvgIpc) is 3.13. The topological polar surface area (TPSA) is 49.3 Å². The number of amides is 1. The molecule has 1 amide bonds. The van der Waals surface area contributed by atoms with Crippen LogP contribution in [0.5, 0.6) is 0 Å². The standard InChI is InChI=1S/C14H19NO2S/c1-9(16)11-3-7-13(8-4-11)18-10(2)14(17)15-12-5-6-12/h3-4,7-10,12,16H,5-6H2,1-2H3,(H,15,17). The molecule has 2 N–H and O–H groups in total. The van der Waals surface area contributed by atoms with Crippen molar-refractivity contribution in [3.63, 3.8) is 0 Å². The summed E-state index contributed by atoms with van der Waals surface area (Å²) < 4.78 is 0. The van der Waals surface area contributed by atoms with Crippen LogP contribution in [0.25, 0.3) is 0 Å². The van der Waals surface area contributed by atoms with Gasteiger partial charge < -0.3 is 10.4 Å². The van der Waals surface area contributed by atoms with Crippen molar-refractivity contribution in [1.82, 2.24) is 5.32 Å². The largest absolute Gasteiger partial charge is 0.389 e. The minimum atomic E-state index is -0.445. The van der Waals surface area contributed by atoms with Gasteiger partial charge in [0.15, 0.2) is 0 Å². The molecule has 1 aromatic rings. The molecule has 0 aromatic heterocycles. The van der Waals surface area contributed by atoms with Gasteiger partial charge in [0.1, 0.15) is 0 Å². The van der Waals surface area contributed by atoms with Crippen LogP contribution in [0.1, 0.15) is 38.4 Å². The van der Waals surface area contributed by atoms with Gasteiger partial charge in [-0.05, 0) is 44.4 Å². The second-order valence-corrected chi connectivity index (χ2v) is 6.20. The van der Waals surface area contributed by atoms with Crippen LogP contribution in [0.2, 0.25) is 0 Å². The first kappa shape index (κ1) is 13.4. The van der Waals surface area contributed by atoms with Crippen molar-refractivity contribution in [3.8, 4) is 0 Å². The molecule has 3 nitrogen and oxygen atoms in total. The Morgan fingerprint density at radius 3 is 2.44 bits per heavy atom. The minimum absolute atomic E-state index is 0.0806. The number of thioether (sulfide) groups is 1. The van der Waals surface area contributed by atoms with E-state index >= 15 is 0 Å². The van der Waals surface area contributed by atoms with Crippen LogP contribution in [-0.2, 0) is 4.79 Å². The van der Waals surface area contributed by atoms with E-state index in [9.17, 15) is 9.90 Å². The number of carbonyl (C=O) groups excluding carboxylic acids is 1. The fourth-order valence-corrected chi connectivity index (χ4v) is 2.51. The number of aliphatic hydroxyl groups is 1. The number of nitrogens with one attached hydrogen (secondary N) is 1. The average molecular weight is 265 g/mol. The Balaban J connectivity index is 1.89. The van der Waals surface area contributed by atoms with Crippen molar-refractivity contribution < 1.29 is 9.90 Å². The van der Waals surface area contributed by atoms with E-state index in [4.69, 9.17) is 0 Å². The van der Waals surface area contributed by atoms with Crippen LogP contribution in [0.15, 0.2) is 29.2 Å².